The molecule has 0 aliphatic heterocycles. The summed E-state index contributed by atoms with van der Waals surface area (Å²) >= 11 is 0. The molecule has 0 saturated heterocycles. The Bertz CT molecular complexity index is 2980. The van der Waals surface area contributed by atoms with Crippen LogP contribution in [0.1, 0.15) is 0 Å². The number of aromatic nitrogens is 4. The van der Waals surface area contributed by atoms with Crippen LogP contribution in [0.25, 0.3) is 94.7 Å². The van der Waals surface area contributed by atoms with E-state index in [9.17, 15) is 10.1 Å². The van der Waals surface area contributed by atoms with Gasteiger partial charge in [0.1, 0.15) is 5.58 Å². The topological polar surface area (TPSA) is 99.9 Å². The quantitative estimate of drug-likeness (QED) is 0.128. The highest BCUT2D eigenvalue weighted by Crippen LogP contribution is 2.43. The Balaban J connectivity index is 1.28. The van der Waals surface area contributed by atoms with Crippen LogP contribution in [0.3, 0.4) is 0 Å². The first-order chi connectivity index (χ1) is 26.1. The molecule has 250 valence electrons. The summed E-state index contributed by atoms with van der Waals surface area (Å²) < 4.78 is 8.83. The predicted molar refractivity (Wildman–Crippen MR) is 210 cm³/mol. The van der Waals surface area contributed by atoms with Crippen molar-refractivity contribution < 1.29 is 9.34 Å². The average Bonchev–Trinajstić information content (AvgIpc) is 3.77. The summed E-state index contributed by atoms with van der Waals surface area (Å²) in [7, 11) is 0. The molecule has 8 heteroatoms. The third-order valence-electron chi connectivity index (χ3n) is 9.74. The smallest absolute Gasteiger partial charge is 0.270 e. The van der Waals surface area contributed by atoms with Crippen molar-refractivity contribution in [3.63, 3.8) is 0 Å². The lowest BCUT2D eigenvalue weighted by atomic mass is 9.99. The number of nitrogens with zero attached hydrogens (tertiary/aromatic N) is 5. The number of furan rings is 1. The molecule has 3 heterocycles. The first-order valence-electron chi connectivity index (χ1n) is 17.2. The molecule has 0 aliphatic rings. The van der Waals surface area contributed by atoms with Gasteiger partial charge in [-0.1, -0.05) is 115 Å². The van der Waals surface area contributed by atoms with Crippen LogP contribution in [-0.4, -0.2) is 24.4 Å². The van der Waals surface area contributed by atoms with Gasteiger partial charge in [-0.25, -0.2) is 15.0 Å². The van der Waals surface area contributed by atoms with Crippen LogP contribution in [0.4, 0.5) is 5.69 Å². The minimum absolute atomic E-state index is 0.00126. The van der Waals surface area contributed by atoms with Crippen molar-refractivity contribution in [2.24, 2.45) is 0 Å². The third-order valence-corrected chi connectivity index (χ3v) is 9.74. The standard InChI is InChI=1S/C45H27N5O3/c51-50(52)32-17-11-16-30(26-32)37-27-31(45-47-43(28-12-3-1-4-13-28)46-44(48-45)29-14-5-2-6-15-29)22-25-39(37)49-38-20-9-7-18-33(38)35-23-24-36-34-19-8-10-21-40(34)53-42(36)41(35)49/h1-27H. The van der Waals surface area contributed by atoms with Gasteiger partial charge in [-0.05, 0) is 42.0 Å². The largest absolute Gasteiger partial charge is 0.454 e. The van der Waals surface area contributed by atoms with E-state index in [0.29, 0.717) is 23.0 Å². The Morgan fingerprint density at radius 2 is 1.11 bits per heavy atom. The molecule has 0 fully saturated rings. The Kier molecular flexibility index (Phi) is 6.94. The molecule has 0 N–H and O–H groups in total. The van der Waals surface area contributed by atoms with E-state index in [1.807, 2.05) is 115 Å². The van der Waals surface area contributed by atoms with E-state index >= 15 is 0 Å². The second-order valence-electron chi connectivity index (χ2n) is 12.9. The molecule has 0 unspecified atom stereocenters. The van der Waals surface area contributed by atoms with Gasteiger partial charge >= 0.3 is 0 Å². The summed E-state index contributed by atoms with van der Waals surface area (Å²) in [4.78, 5) is 26.6. The predicted octanol–water partition coefficient (Wildman–Crippen LogP) is 11.4. The van der Waals surface area contributed by atoms with Gasteiger partial charge in [0.15, 0.2) is 23.1 Å². The van der Waals surface area contributed by atoms with Crippen LogP contribution in [-0.2, 0) is 0 Å². The maximum absolute atomic E-state index is 12.1. The Morgan fingerprint density at radius 1 is 0.509 bits per heavy atom. The first kappa shape index (κ1) is 30.4. The molecule has 0 atom stereocenters. The zero-order valence-electron chi connectivity index (χ0n) is 28.0. The fourth-order valence-corrected chi connectivity index (χ4v) is 7.31. The SMILES string of the molecule is O=[N+]([O-])c1cccc(-c2cc(-c3nc(-c4ccccc4)nc(-c4ccccc4)n3)ccc2-n2c3ccccc3c3ccc4c5ccccc5oc4c32)c1. The van der Waals surface area contributed by atoms with Gasteiger partial charge in [0.05, 0.1) is 21.6 Å². The summed E-state index contributed by atoms with van der Waals surface area (Å²) in [5.74, 6) is 1.58. The number of hydrogen-bond donors (Lipinski definition) is 0. The van der Waals surface area contributed by atoms with Crippen molar-refractivity contribution in [1.29, 1.82) is 0 Å². The summed E-state index contributed by atoms with van der Waals surface area (Å²) in [6.45, 7) is 0. The molecule has 10 rings (SSSR count). The summed E-state index contributed by atoms with van der Waals surface area (Å²) in [5, 5.41) is 16.2. The molecular weight excluding hydrogens is 659 g/mol. The normalized spacial score (nSPS) is 11.5. The van der Waals surface area contributed by atoms with E-state index in [-0.39, 0.29) is 10.6 Å². The highest BCUT2D eigenvalue weighted by molar-refractivity contribution is 6.21. The van der Waals surface area contributed by atoms with Gasteiger partial charge in [0.2, 0.25) is 0 Å². The number of nitro benzene ring substituents is 1. The minimum atomic E-state index is -0.365. The maximum atomic E-state index is 12.1. The first-order valence-corrected chi connectivity index (χ1v) is 17.2. The van der Waals surface area contributed by atoms with Crippen molar-refractivity contribution in [1.82, 2.24) is 19.5 Å². The lowest BCUT2D eigenvalue weighted by Gasteiger charge is -2.16. The molecule has 10 aromatic rings. The van der Waals surface area contributed by atoms with Gasteiger partial charge in [-0.15, -0.1) is 0 Å². The van der Waals surface area contributed by atoms with Gasteiger partial charge in [-0.2, -0.15) is 0 Å². The molecule has 0 aliphatic carbocycles. The number of nitro groups is 1. The van der Waals surface area contributed by atoms with Crippen molar-refractivity contribution in [2.75, 3.05) is 0 Å². The average molecular weight is 686 g/mol. The number of para-hydroxylation sites is 2. The number of benzene rings is 7. The Morgan fingerprint density at radius 3 is 1.83 bits per heavy atom. The van der Waals surface area contributed by atoms with E-state index in [0.717, 1.165) is 71.7 Å². The van der Waals surface area contributed by atoms with E-state index < -0.39 is 0 Å². The molecule has 53 heavy (non-hydrogen) atoms. The molecule has 3 aromatic heterocycles. The summed E-state index contributed by atoms with van der Waals surface area (Å²) in [6.07, 6.45) is 0. The molecule has 8 nitrogen and oxygen atoms in total. The lowest BCUT2D eigenvalue weighted by Crippen LogP contribution is -2.02. The van der Waals surface area contributed by atoms with Crippen molar-refractivity contribution >= 4 is 49.4 Å². The van der Waals surface area contributed by atoms with Gasteiger partial charge in [0.25, 0.3) is 5.69 Å². The number of fused-ring (bicyclic) bond motifs is 7. The number of non-ortho nitro benzene ring substituents is 1. The van der Waals surface area contributed by atoms with Crippen LogP contribution in [0.15, 0.2) is 168 Å². The Labute approximate surface area is 302 Å². The van der Waals surface area contributed by atoms with Crippen molar-refractivity contribution in [3.05, 3.63) is 174 Å². The van der Waals surface area contributed by atoms with Gasteiger partial charge in [-0.3, -0.25) is 10.1 Å². The van der Waals surface area contributed by atoms with Gasteiger partial charge in [0, 0.05) is 55.9 Å². The van der Waals surface area contributed by atoms with E-state index in [4.69, 9.17) is 19.4 Å². The van der Waals surface area contributed by atoms with E-state index in [1.165, 1.54) is 6.07 Å². The second kappa shape index (κ2) is 12.1. The summed E-state index contributed by atoms with van der Waals surface area (Å²) in [5.41, 5.74) is 8.21. The number of rotatable bonds is 6. The van der Waals surface area contributed by atoms with E-state index in [2.05, 4.69) is 34.9 Å². The molecule has 0 spiro atoms. The van der Waals surface area contributed by atoms with E-state index in [1.54, 1.807) is 12.1 Å². The fourth-order valence-electron chi connectivity index (χ4n) is 7.31. The zero-order valence-corrected chi connectivity index (χ0v) is 28.0. The van der Waals surface area contributed by atoms with Gasteiger partial charge < -0.3 is 8.98 Å². The van der Waals surface area contributed by atoms with Crippen LogP contribution in [0, 0.1) is 10.1 Å². The highest BCUT2D eigenvalue weighted by Gasteiger charge is 2.22. The minimum Gasteiger partial charge on any atom is -0.454 e. The second-order valence-corrected chi connectivity index (χ2v) is 12.9. The summed E-state index contributed by atoms with van der Waals surface area (Å²) in [6, 6.07) is 53.1. The molecule has 0 saturated carbocycles. The molecule has 7 aromatic carbocycles. The highest BCUT2D eigenvalue weighted by atomic mass is 16.6. The van der Waals surface area contributed by atoms with Crippen LogP contribution < -0.4 is 0 Å². The Hall–Kier alpha value is -7.45. The van der Waals surface area contributed by atoms with Crippen LogP contribution in [0.5, 0.6) is 0 Å². The van der Waals surface area contributed by atoms with Crippen molar-refractivity contribution in [2.45, 2.75) is 0 Å². The number of hydrogen-bond acceptors (Lipinski definition) is 6. The monoisotopic (exact) mass is 685 g/mol. The van der Waals surface area contributed by atoms with Crippen LogP contribution in [0.2, 0.25) is 0 Å². The van der Waals surface area contributed by atoms with Crippen LogP contribution >= 0.6 is 0 Å². The maximum Gasteiger partial charge on any atom is 0.270 e. The molecular formula is C45H27N5O3. The lowest BCUT2D eigenvalue weighted by molar-refractivity contribution is -0.384. The van der Waals surface area contributed by atoms with Crippen molar-refractivity contribution in [3.8, 4) is 51.0 Å². The molecule has 0 amide bonds. The third kappa shape index (κ3) is 5.04. The zero-order chi connectivity index (χ0) is 35.5. The molecule has 0 bridgehead atoms. The fraction of sp³-hybridized carbons (Fsp3) is 0. The molecule has 0 radical (unpaired) electrons.